The molecule has 1 aliphatic heterocycles. The zero-order chi connectivity index (χ0) is 22.9. The zero-order valence-electron chi connectivity index (χ0n) is 19.6. The third kappa shape index (κ3) is 7.69. The van der Waals surface area contributed by atoms with Crippen LogP contribution in [0, 0.1) is 0 Å². The van der Waals surface area contributed by atoms with Crippen molar-refractivity contribution >= 4 is 41.7 Å². The lowest BCUT2D eigenvalue weighted by Gasteiger charge is -2.15. The zero-order valence-corrected chi connectivity index (χ0v) is 21.9. The van der Waals surface area contributed by atoms with Crippen LogP contribution in [0.2, 0.25) is 0 Å². The van der Waals surface area contributed by atoms with Gasteiger partial charge in [-0.15, -0.1) is 24.0 Å². The summed E-state index contributed by atoms with van der Waals surface area (Å²) in [5.74, 6) is 2.52. The summed E-state index contributed by atoms with van der Waals surface area (Å²) in [6.07, 6.45) is 0.601. The van der Waals surface area contributed by atoms with E-state index in [1.54, 1.807) is 0 Å². The number of aliphatic imine (C=N–C) groups is 1. The molecule has 0 bridgehead atoms. The van der Waals surface area contributed by atoms with Crippen LogP contribution in [-0.2, 0) is 24.2 Å². The first kappa shape index (κ1) is 26.6. The van der Waals surface area contributed by atoms with Crippen molar-refractivity contribution in [1.82, 2.24) is 10.6 Å². The van der Waals surface area contributed by atoms with Gasteiger partial charge in [-0.2, -0.15) is 0 Å². The van der Waals surface area contributed by atoms with Gasteiger partial charge in [0.25, 0.3) is 0 Å². The molecule has 0 aliphatic carbocycles. The largest absolute Gasteiger partial charge is 0.494 e. The van der Waals surface area contributed by atoms with Gasteiger partial charge in [0, 0.05) is 36.3 Å². The fourth-order valence-electron chi connectivity index (χ4n) is 3.46. The summed E-state index contributed by atoms with van der Waals surface area (Å²) in [5, 5.41) is 9.29. The lowest BCUT2D eigenvalue weighted by Crippen LogP contribution is -2.36. The molecule has 0 fully saturated rings. The number of carbonyl (C=O) groups is 1. The standard InChI is InChI=1S/C24H32N4O4.HI/c1-5-25-23(26-14-17-7-9-20(10-8-17)28-24(29)30-4)27-15-19-13-22-18(11-16(3)32-22)12-21(19)31-6-2;/h7-10,12-13,16H,5-6,11,14-15H2,1-4H3,(H,28,29)(H2,25,26,27);1H. The van der Waals surface area contributed by atoms with Crippen molar-refractivity contribution in [3.8, 4) is 11.5 Å². The number of fused-ring (bicyclic) bond motifs is 1. The monoisotopic (exact) mass is 568 g/mol. The lowest BCUT2D eigenvalue weighted by atomic mass is 10.1. The van der Waals surface area contributed by atoms with Gasteiger partial charge in [-0.3, -0.25) is 5.32 Å². The van der Waals surface area contributed by atoms with Crippen LogP contribution >= 0.6 is 24.0 Å². The number of halogens is 1. The Bertz CT molecular complexity index is 950. The molecule has 2 aromatic carbocycles. The van der Waals surface area contributed by atoms with Crippen LogP contribution < -0.4 is 25.4 Å². The van der Waals surface area contributed by atoms with E-state index < -0.39 is 6.09 Å². The van der Waals surface area contributed by atoms with Gasteiger partial charge in [-0.1, -0.05) is 12.1 Å². The van der Waals surface area contributed by atoms with Gasteiger partial charge < -0.3 is 24.8 Å². The number of rotatable bonds is 8. The number of benzene rings is 2. The molecule has 8 nitrogen and oxygen atoms in total. The maximum atomic E-state index is 11.3. The highest BCUT2D eigenvalue weighted by Crippen LogP contribution is 2.35. The summed E-state index contributed by atoms with van der Waals surface area (Å²) in [6, 6.07) is 11.6. The van der Waals surface area contributed by atoms with Gasteiger partial charge in [-0.25, -0.2) is 9.79 Å². The Kier molecular flexibility index (Phi) is 10.6. The van der Waals surface area contributed by atoms with Gasteiger partial charge in [0.15, 0.2) is 5.96 Å². The van der Waals surface area contributed by atoms with Gasteiger partial charge in [-0.05, 0) is 50.6 Å². The second-order valence-electron chi connectivity index (χ2n) is 7.50. The van der Waals surface area contributed by atoms with Crippen molar-refractivity contribution in [2.24, 2.45) is 4.99 Å². The number of guanidine groups is 1. The lowest BCUT2D eigenvalue weighted by molar-refractivity contribution is 0.187. The number of nitrogens with one attached hydrogen (secondary N) is 3. The predicted octanol–water partition coefficient (Wildman–Crippen LogP) is 4.46. The quantitative estimate of drug-likeness (QED) is 0.248. The SMILES string of the molecule is CCNC(=NCc1ccc(NC(=O)OC)cc1)NCc1cc2c(cc1OCC)CC(C)O2.I. The molecule has 0 radical (unpaired) electrons. The molecule has 0 spiro atoms. The minimum absolute atomic E-state index is 0. The third-order valence-electron chi connectivity index (χ3n) is 4.97. The number of amides is 1. The highest BCUT2D eigenvalue weighted by Gasteiger charge is 2.21. The maximum absolute atomic E-state index is 11.3. The molecule has 0 saturated heterocycles. The number of ether oxygens (including phenoxy) is 3. The molecule has 0 aromatic heterocycles. The van der Waals surface area contributed by atoms with E-state index in [1.807, 2.05) is 38.1 Å². The number of carbonyl (C=O) groups excluding carboxylic acids is 1. The normalized spacial score (nSPS) is 14.4. The average molecular weight is 568 g/mol. The van der Waals surface area contributed by atoms with E-state index >= 15 is 0 Å². The summed E-state index contributed by atoms with van der Waals surface area (Å²) < 4.78 is 16.4. The third-order valence-corrected chi connectivity index (χ3v) is 4.97. The Morgan fingerprint density at radius 2 is 1.94 bits per heavy atom. The summed E-state index contributed by atoms with van der Waals surface area (Å²) in [5.41, 5.74) is 3.91. The van der Waals surface area contributed by atoms with Gasteiger partial charge in [0.1, 0.15) is 17.6 Å². The second-order valence-corrected chi connectivity index (χ2v) is 7.50. The molecule has 9 heteroatoms. The molecular weight excluding hydrogens is 535 g/mol. The number of methoxy groups -OCH3 is 1. The van der Waals surface area contributed by atoms with Crippen LogP contribution in [0.25, 0.3) is 0 Å². The Balaban J connectivity index is 0.00000385. The van der Waals surface area contributed by atoms with Crippen molar-refractivity contribution in [3.05, 3.63) is 53.1 Å². The van der Waals surface area contributed by atoms with Gasteiger partial charge in [0.2, 0.25) is 0 Å². The van der Waals surface area contributed by atoms with Crippen LogP contribution in [0.15, 0.2) is 41.4 Å². The fourth-order valence-corrected chi connectivity index (χ4v) is 3.46. The Labute approximate surface area is 212 Å². The minimum atomic E-state index is -0.493. The summed E-state index contributed by atoms with van der Waals surface area (Å²) in [4.78, 5) is 16.0. The minimum Gasteiger partial charge on any atom is -0.494 e. The molecule has 180 valence electrons. The molecule has 3 N–H and O–H groups in total. The van der Waals surface area contributed by atoms with Gasteiger partial charge in [0.05, 0.1) is 20.3 Å². The van der Waals surface area contributed by atoms with E-state index in [0.717, 1.165) is 35.6 Å². The number of hydrogen-bond donors (Lipinski definition) is 3. The Morgan fingerprint density at radius 3 is 2.61 bits per heavy atom. The topological polar surface area (TPSA) is 93.2 Å². The van der Waals surface area contributed by atoms with Crippen molar-refractivity contribution < 1.29 is 19.0 Å². The highest BCUT2D eigenvalue weighted by atomic mass is 127. The molecule has 0 saturated carbocycles. The number of nitrogens with zero attached hydrogens (tertiary/aromatic N) is 1. The Morgan fingerprint density at radius 1 is 1.18 bits per heavy atom. The molecule has 1 heterocycles. The summed E-state index contributed by atoms with van der Waals surface area (Å²) >= 11 is 0. The molecule has 1 unspecified atom stereocenters. The summed E-state index contributed by atoms with van der Waals surface area (Å²) in [6.45, 7) is 8.51. The van der Waals surface area contributed by atoms with Crippen LogP contribution in [0.4, 0.5) is 10.5 Å². The predicted molar refractivity (Wildman–Crippen MR) is 141 cm³/mol. The number of hydrogen-bond acceptors (Lipinski definition) is 5. The molecule has 3 rings (SSSR count). The van der Waals surface area contributed by atoms with E-state index in [-0.39, 0.29) is 30.1 Å². The molecule has 1 amide bonds. The average Bonchev–Trinajstić information content (AvgIpc) is 3.15. The molecule has 33 heavy (non-hydrogen) atoms. The first-order valence-electron chi connectivity index (χ1n) is 10.9. The van der Waals surface area contributed by atoms with Crippen LogP contribution in [0.5, 0.6) is 11.5 Å². The van der Waals surface area contributed by atoms with Gasteiger partial charge >= 0.3 is 6.09 Å². The van der Waals surface area contributed by atoms with Crippen LogP contribution in [-0.4, -0.2) is 38.4 Å². The van der Waals surface area contributed by atoms with E-state index in [1.165, 1.54) is 12.7 Å². The van der Waals surface area contributed by atoms with E-state index in [2.05, 4.69) is 44.7 Å². The maximum Gasteiger partial charge on any atom is 0.411 e. The van der Waals surface area contributed by atoms with Crippen molar-refractivity contribution in [3.63, 3.8) is 0 Å². The molecule has 1 atom stereocenters. The van der Waals surface area contributed by atoms with Crippen LogP contribution in [0.1, 0.15) is 37.5 Å². The Hall–Kier alpha value is -2.69. The highest BCUT2D eigenvalue weighted by molar-refractivity contribution is 14.0. The molecule has 2 aromatic rings. The van der Waals surface area contributed by atoms with E-state index in [4.69, 9.17) is 9.47 Å². The van der Waals surface area contributed by atoms with E-state index in [0.29, 0.717) is 31.3 Å². The van der Waals surface area contributed by atoms with E-state index in [9.17, 15) is 4.79 Å². The van der Waals surface area contributed by atoms with Crippen molar-refractivity contribution in [2.75, 3.05) is 25.6 Å². The first-order valence-corrected chi connectivity index (χ1v) is 10.9. The number of anilines is 1. The summed E-state index contributed by atoms with van der Waals surface area (Å²) in [7, 11) is 1.33. The van der Waals surface area contributed by atoms with Crippen molar-refractivity contribution in [2.45, 2.75) is 46.4 Å². The molecular formula is C24H33IN4O4. The fraction of sp³-hybridized carbons (Fsp3) is 0.417. The second kappa shape index (κ2) is 13.1. The van der Waals surface area contributed by atoms with Crippen LogP contribution in [0.3, 0.4) is 0 Å². The first-order chi connectivity index (χ1) is 15.5. The molecule has 1 aliphatic rings. The van der Waals surface area contributed by atoms with Crippen molar-refractivity contribution in [1.29, 1.82) is 0 Å². The smallest absolute Gasteiger partial charge is 0.411 e.